The topological polar surface area (TPSA) is 59.6 Å². The van der Waals surface area contributed by atoms with E-state index in [2.05, 4.69) is 10.4 Å². The van der Waals surface area contributed by atoms with Gasteiger partial charge in [-0.15, -0.1) is 0 Å². The number of nitrogens with zero attached hydrogens (tertiary/aromatic N) is 1. The van der Waals surface area contributed by atoms with E-state index in [4.69, 9.17) is 10.6 Å². The smallest absolute Gasteiger partial charge is 0.114 e. The Balaban J connectivity index is 1.87. The van der Waals surface area contributed by atoms with Crippen molar-refractivity contribution in [2.45, 2.75) is 25.7 Å². The molecule has 4 heteroatoms. The van der Waals surface area contributed by atoms with E-state index < -0.39 is 0 Å². The molecule has 2 rings (SSSR count). The lowest BCUT2D eigenvalue weighted by Crippen LogP contribution is -2.33. The van der Waals surface area contributed by atoms with Crippen LogP contribution in [0.1, 0.15) is 25.7 Å². The Morgan fingerprint density at radius 2 is 2.07 bits per heavy atom. The fourth-order valence-corrected chi connectivity index (χ4v) is 2.90. The second-order valence-corrected chi connectivity index (χ2v) is 4.54. The van der Waals surface area contributed by atoms with Crippen molar-refractivity contribution in [2.24, 2.45) is 28.6 Å². The predicted molar refractivity (Wildman–Crippen MR) is 60.4 cm³/mol. The molecule has 2 saturated carbocycles. The van der Waals surface area contributed by atoms with Gasteiger partial charge in [-0.3, -0.25) is 4.99 Å². The molecule has 2 atom stereocenters. The van der Waals surface area contributed by atoms with Crippen LogP contribution < -0.4 is 11.3 Å². The van der Waals surface area contributed by atoms with Crippen molar-refractivity contribution in [1.82, 2.24) is 5.43 Å². The summed E-state index contributed by atoms with van der Waals surface area (Å²) in [5.41, 5.74) is 2.77. The minimum Gasteiger partial charge on any atom is -0.383 e. The zero-order valence-electron chi connectivity index (χ0n) is 9.41. The van der Waals surface area contributed by atoms with Crippen LogP contribution >= 0.6 is 0 Å². The average Bonchev–Trinajstić information content (AvgIpc) is 2.99. The van der Waals surface area contributed by atoms with Crippen LogP contribution in [0.15, 0.2) is 4.99 Å². The molecule has 0 radical (unpaired) electrons. The quantitative estimate of drug-likeness (QED) is 0.239. The number of fused-ring (bicyclic) bond motifs is 1. The highest BCUT2D eigenvalue weighted by atomic mass is 16.5. The van der Waals surface area contributed by atoms with Gasteiger partial charge in [0.25, 0.3) is 0 Å². The van der Waals surface area contributed by atoms with Crippen LogP contribution in [0.2, 0.25) is 0 Å². The molecule has 0 aliphatic heterocycles. The number of hydrogen-bond acceptors (Lipinski definition) is 3. The highest BCUT2D eigenvalue weighted by Crippen LogP contribution is 2.55. The molecule has 0 bridgehead atoms. The molecular formula is C11H21N3O. The Kier molecular flexibility index (Phi) is 3.59. The molecule has 3 N–H and O–H groups in total. The van der Waals surface area contributed by atoms with Crippen molar-refractivity contribution in [1.29, 1.82) is 0 Å². The van der Waals surface area contributed by atoms with Gasteiger partial charge in [0.2, 0.25) is 0 Å². The fraction of sp³-hybridized carbons (Fsp3) is 0.909. The van der Waals surface area contributed by atoms with Crippen LogP contribution in [0.5, 0.6) is 0 Å². The number of methoxy groups -OCH3 is 1. The predicted octanol–water partition coefficient (Wildman–Crippen LogP) is 0.931. The number of nitrogens with two attached hydrogens (primary N) is 1. The summed E-state index contributed by atoms with van der Waals surface area (Å²) in [5, 5.41) is 0. The third kappa shape index (κ3) is 2.32. The fourth-order valence-electron chi connectivity index (χ4n) is 2.90. The number of aliphatic imine (C=N–C) groups is 1. The first kappa shape index (κ1) is 10.9. The number of nitrogens with one attached hydrogen (secondary N) is 1. The van der Waals surface area contributed by atoms with Crippen LogP contribution in [0.4, 0.5) is 0 Å². The van der Waals surface area contributed by atoms with Crippen LogP contribution in [0, 0.1) is 17.8 Å². The van der Waals surface area contributed by atoms with E-state index >= 15 is 0 Å². The van der Waals surface area contributed by atoms with Crippen molar-refractivity contribution in [2.75, 3.05) is 20.3 Å². The largest absolute Gasteiger partial charge is 0.383 e. The first-order chi connectivity index (χ1) is 7.38. The van der Waals surface area contributed by atoms with Crippen LogP contribution in [-0.4, -0.2) is 26.1 Å². The monoisotopic (exact) mass is 211 g/mol. The lowest BCUT2D eigenvalue weighted by molar-refractivity contribution is 0.208. The third-order valence-electron chi connectivity index (χ3n) is 3.70. The molecular weight excluding hydrogens is 190 g/mol. The maximum atomic E-state index is 5.53. The van der Waals surface area contributed by atoms with Crippen molar-refractivity contribution in [3.63, 3.8) is 0 Å². The van der Waals surface area contributed by atoms with Crippen molar-refractivity contribution < 1.29 is 4.74 Å². The average molecular weight is 211 g/mol. The second-order valence-electron chi connectivity index (χ2n) is 4.54. The van der Waals surface area contributed by atoms with E-state index in [1.54, 1.807) is 7.11 Å². The number of hydrogen-bond donors (Lipinski definition) is 2. The minimum absolute atomic E-state index is 0.620. The molecule has 0 saturated heterocycles. The number of rotatable bonds is 4. The van der Waals surface area contributed by atoms with E-state index in [1.165, 1.54) is 25.7 Å². The third-order valence-corrected chi connectivity index (χ3v) is 3.70. The molecule has 2 aliphatic carbocycles. The van der Waals surface area contributed by atoms with Gasteiger partial charge in [0.1, 0.15) is 5.84 Å². The SMILES string of the molecule is COCCN=C(NN)C1C2CCCCC21. The van der Waals surface area contributed by atoms with Crippen molar-refractivity contribution in [3.05, 3.63) is 0 Å². The van der Waals surface area contributed by atoms with E-state index in [0.717, 1.165) is 17.7 Å². The minimum atomic E-state index is 0.620. The van der Waals surface area contributed by atoms with E-state index in [1.807, 2.05) is 0 Å². The normalized spacial score (nSPS) is 34.8. The Bertz CT molecular complexity index is 230. The molecule has 2 aliphatic rings. The van der Waals surface area contributed by atoms with Crippen molar-refractivity contribution >= 4 is 5.84 Å². The second kappa shape index (κ2) is 4.94. The van der Waals surface area contributed by atoms with Crippen molar-refractivity contribution in [3.8, 4) is 0 Å². The Morgan fingerprint density at radius 3 is 2.60 bits per heavy atom. The molecule has 0 aromatic heterocycles. The van der Waals surface area contributed by atoms with Gasteiger partial charge in [0, 0.05) is 13.0 Å². The Morgan fingerprint density at radius 1 is 1.40 bits per heavy atom. The summed E-state index contributed by atoms with van der Waals surface area (Å²) in [4.78, 5) is 4.47. The number of amidine groups is 1. The van der Waals surface area contributed by atoms with Gasteiger partial charge in [0.05, 0.1) is 13.2 Å². The summed E-state index contributed by atoms with van der Waals surface area (Å²) in [6.45, 7) is 1.39. The summed E-state index contributed by atoms with van der Waals surface area (Å²) < 4.78 is 4.98. The van der Waals surface area contributed by atoms with Crippen LogP contribution in [0.3, 0.4) is 0 Å². The molecule has 0 aromatic carbocycles. The molecule has 86 valence electrons. The number of hydrazine groups is 1. The lowest BCUT2D eigenvalue weighted by atomic mass is 10.0. The molecule has 4 nitrogen and oxygen atoms in total. The molecule has 15 heavy (non-hydrogen) atoms. The zero-order chi connectivity index (χ0) is 10.7. The first-order valence-corrected chi connectivity index (χ1v) is 5.88. The van der Waals surface area contributed by atoms with Gasteiger partial charge in [-0.25, -0.2) is 5.84 Å². The zero-order valence-corrected chi connectivity index (χ0v) is 9.41. The summed E-state index contributed by atoms with van der Waals surface area (Å²) in [6, 6.07) is 0. The summed E-state index contributed by atoms with van der Waals surface area (Å²) in [5.74, 6) is 8.87. The summed E-state index contributed by atoms with van der Waals surface area (Å²) in [7, 11) is 1.70. The van der Waals surface area contributed by atoms with Gasteiger partial charge in [0.15, 0.2) is 0 Å². The molecule has 2 fully saturated rings. The Labute approximate surface area is 91.2 Å². The molecule has 0 aromatic rings. The molecule has 0 heterocycles. The lowest BCUT2D eigenvalue weighted by Gasteiger charge is -2.04. The van der Waals surface area contributed by atoms with E-state index in [-0.39, 0.29) is 0 Å². The molecule has 2 unspecified atom stereocenters. The van der Waals surface area contributed by atoms with Gasteiger partial charge in [-0.1, -0.05) is 12.8 Å². The van der Waals surface area contributed by atoms with Crippen LogP contribution in [0.25, 0.3) is 0 Å². The van der Waals surface area contributed by atoms with Crippen LogP contribution in [-0.2, 0) is 4.74 Å². The number of ether oxygens (including phenoxy) is 1. The van der Waals surface area contributed by atoms with Gasteiger partial charge >= 0.3 is 0 Å². The summed E-state index contributed by atoms with van der Waals surface area (Å²) in [6.07, 6.45) is 5.49. The van der Waals surface area contributed by atoms with Gasteiger partial charge in [-0.05, 0) is 24.7 Å². The van der Waals surface area contributed by atoms with E-state index in [9.17, 15) is 0 Å². The highest BCUT2D eigenvalue weighted by Gasteiger charge is 2.53. The highest BCUT2D eigenvalue weighted by molar-refractivity contribution is 5.87. The maximum absolute atomic E-state index is 5.53. The van der Waals surface area contributed by atoms with Gasteiger partial charge < -0.3 is 10.2 Å². The molecule has 0 spiro atoms. The van der Waals surface area contributed by atoms with Gasteiger partial charge in [-0.2, -0.15) is 0 Å². The molecule has 0 amide bonds. The summed E-state index contributed by atoms with van der Waals surface area (Å²) >= 11 is 0. The first-order valence-electron chi connectivity index (χ1n) is 5.88. The standard InChI is InChI=1S/C11H21N3O/c1-15-7-6-13-11(14-12)10-8-4-2-3-5-9(8)10/h8-10H,2-7,12H2,1H3,(H,13,14). The Hall–Kier alpha value is -0.610. The maximum Gasteiger partial charge on any atom is 0.114 e. The van der Waals surface area contributed by atoms with E-state index in [0.29, 0.717) is 19.1 Å².